The Bertz CT molecular complexity index is 315. The van der Waals surface area contributed by atoms with Gasteiger partial charge in [-0.1, -0.05) is 28.7 Å². The molecule has 1 aliphatic rings. The molecule has 1 aliphatic carbocycles. The highest BCUT2D eigenvalue weighted by atomic mass is 79.9. The van der Waals surface area contributed by atoms with E-state index in [2.05, 4.69) is 39.5 Å². The highest BCUT2D eigenvalue weighted by Crippen LogP contribution is 2.37. The summed E-state index contributed by atoms with van der Waals surface area (Å²) in [5.74, 6) is -1.05. The molecule has 7 heteroatoms. The van der Waals surface area contributed by atoms with Crippen LogP contribution in [0.4, 0.5) is 0 Å². The summed E-state index contributed by atoms with van der Waals surface area (Å²) in [5.41, 5.74) is 5.87. The van der Waals surface area contributed by atoms with E-state index in [0.29, 0.717) is 0 Å². The number of hydrogen-bond donors (Lipinski definition) is 3. The highest BCUT2D eigenvalue weighted by molar-refractivity contribution is 9.09. The fourth-order valence-corrected chi connectivity index (χ4v) is 3.57. The van der Waals surface area contributed by atoms with Crippen molar-refractivity contribution in [1.29, 1.82) is 10.5 Å². The number of nitrogens with two attached hydrogens (primary N) is 1. The fraction of sp³-hybridized carbons (Fsp3) is 0.750. The minimum atomic E-state index is -0.561. The molecule has 1 rings (SSSR count). The average molecular weight is 310 g/mol. The Balaban J connectivity index is 3.00. The van der Waals surface area contributed by atoms with Crippen LogP contribution in [-0.2, 0) is 0 Å². The van der Waals surface area contributed by atoms with Crippen LogP contribution in [-0.4, -0.2) is 22.3 Å². The predicted octanol–water partition coefficient (Wildman–Crippen LogP) is 0.781. The van der Waals surface area contributed by atoms with Crippen molar-refractivity contribution in [3.8, 4) is 12.1 Å². The lowest BCUT2D eigenvalue weighted by Gasteiger charge is -2.41. The molecule has 0 bridgehead atoms. The zero-order chi connectivity index (χ0) is 11.6. The largest absolute Gasteiger partial charge is 0.325 e. The summed E-state index contributed by atoms with van der Waals surface area (Å²) in [6, 6.07) is 3.48. The van der Waals surface area contributed by atoms with Gasteiger partial charge in [0, 0.05) is 16.9 Å². The van der Waals surface area contributed by atoms with Crippen molar-refractivity contribution in [2.24, 2.45) is 17.6 Å². The summed E-state index contributed by atoms with van der Waals surface area (Å²) in [6.45, 7) is 0. The highest BCUT2D eigenvalue weighted by Gasteiger charge is 2.48. The molecule has 1 fully saturated rings. The zero-order valence-electron chi connectivity index (χ0n) is 7.64. The van der Waals surface area contributed by atoms with E-state index < -0.39 is 23.3 Å². The molecule has 0 aromatic heterocycles. The lowest BCUT2D eigenvalue weighted by Crippen LogP contribution is -2.61. The smallest absolute Gasteiger partial charge is 0.0812 e. The summed E-state index contributed by atoms with van der Waals surface area (Å²) in [6.07, 6.45) is 0. The average Bonchev–Trinajstić information content (AvgIpc) is 2.23. The van der Waals surface area contributed by atoms with Crippen LogP contribution in [0.3, 0.4) is 0 Å². The Morgan fingerprint density at radius 1 is 1.33 bits per heavy atom. The van der Waals surface area contributed by atoms with Gasteiger partial charge in [0.05, 0.1) is 29.4 Å². The van der Waals surface area contributed by atoms with Gasteiger partial charge >= 0.3 is 0 Å². The maximum absolute atomic E-state index is 9.00. The summed E-state index contributed by atoms with van der Waals surface area (Å²) in [4.78, 5) is -0.227. The van der Waals surface area contributed by atoms with Crippen LogP contribution >= 0.6 is 40.3 Å². The van der Waals surface area contributed by atoms with Crippen LogP contribution in [0.25, 0.3) is 0 Å². The lowest BCUT2D eigenvalue weighted by molar-refractivity contribution is 0.291. The van der Waals surface area contributed by atoms with Crippen molar-refractivity contribution in [1.82, 2.24) is 4.72 Å². The molecule has 6 atom stereocenters. The van der Waals surface area contributed by atoms with Crippen LogP contribution in [0.15, 0.2) is 0 Å². The van der Waals surface area contributed by atoms with Crippen LogP contribution < -0.4 is 10.5 Å². The molecule has 1 saturated carbocycles. The Hall–Kier alpha value is 0.0200. The van der Waals surface area contributed by atoms with Gasteiger partial charge in [-0.25, -0.2) is 0 Å². The van der Waals surface area contributed by atoms with E-state index in [1.807, 2.05) is 6.07 Å². The molecule has 0 aromatic carbocycles. The minimum Gasteiger partial charge on any atom is -0.325 e. The van der Waals surface area contributed by atoms with E-state index in [0.717, 1.165) is 0 Å². The standard InChI is InChI=1S/C8H10BrClN4S/c9-5-3(1-11)4(2-12)6(10)7(13)8(5)14-15/h3-8,14-15H,13H2. The summed E-state index contributed by atoms with van der Waals surface area (Å²) in [5, 5.41) is 17.4. The van der Waals surface area contributed by atoms with Crippen molar-refractivity contribution in [2.45, 2.75) is 22.3 Å². The molecule has 82 valence electrons. The number of hydrogen-bond acceptors (Lipinski definition) is 5. The Morgan fingerprint density at radius 2 is 1.87 bits per heavy atom. The monoisotopic (exact) mass is 308 g/mol. The normalized spacial score (nSPS) is 45.5. The van der Waals surface area contributed by atoms with Gasteiger partial charge in [-0.3, -0.25) is 4.72 Å². The van der Waals surface area contributed by atoms with E-state index in [9.17, 15) is 0 Å². The molecule has 0 aliphatic heterocycles. The summed E-state index contributed by atoms with van der Waals surface area (Å²) >= 11 is 13.4. The molecule has 0 amide bonds. The summed E-state index contributed by atoms with van der Waals surface area (Å²) in [7, 11) is 0. The first kappa shape index (κ1) is 13.1. The molecule has 0 saturated heterocycles. The van der Waals surface area contributed by atoms with Gasteiger partial charge in [0.25, 0.3) is 0 Å². The molecule has 0 aromatic rings. The molecule has 15 heavy (non-hydrogen) atoms. The predicted molar refractivity (Wildman–Crippen MR) is 64.4 cm³/mol. The molecule has 0 heterocycles. The maximum Gasteiger partial charge on any atom is 0.0812 e. The topological polar surface area (TPSA) is 85.6 Å². The van der Waals surface area contributed by atoms with Crippen LogP contribution in [0, 0.1) is 34.5 Å². The molecule has 6 unspecified atom stereocenters. The number of nitrogens with one attached hydrogen (secondary N) is 1. The third kappa shape index (κ3) is 2.25. The number of nitrogens with zero attached hydrogens (tertiary/aromatic N) is 2. The first-order valence-electron chi connectivity index (χ1n) is 4.31. The molecule has 3 N–H and O–H groups in total. The van der Waals surface area contributed by atoms with Crippen molar-refractivity contribution < 1.29 is 0 Å². The van der Waals surface area contributed by atoms with Gasteiger partial charge in [-0.15, -0.1) is 11.6 Å². The van der Waals surface area contributed by atoms with Gasteiger partial charge in [0.1, 0.15) is 0 Å². The SMILES string of the molecule is N#CC1C(Cl)C(N)C(NS)C(Br)C1C#N. The van der Waals surface area contributed by atoms with Gasteiger partial charge < -0.3 is 5.73 Å². The lowest BCUT2D eigenvalue weighted by atomic mass is 9.75. The van der Waals surface area contributed by atoms with Crippen LogP contribution in [0.5, 0.6) is 0 Å². The number of rotatable bonds is 1. The van der Waals surface area contributed by atoms with Crippen LogP contribution in [0.1, 0.15) is 0 Å². The van der Waals surface area contributed by atoms with E-state index >= 15 is 0 Å². The van der Waals surface area contributed by atoms with E-state index in [4.69, 9.17) is 27.9 Å². The van der Waals surface area contributed by atoms with E-state index in [-0.39, 0.29) is 10.9 Å². The molecule has 0 radical (unpaired) electrons. The van der Waals surface area contributed by atoms with Crippen molar-refractivity contribution >= 4 is 40.3 Å². The van der Waals surface area contributed by atoms with Crippen LogP contribution in [0.2, 0.25) is 0 Å². The molecular weight excluding hydrogens is 300 g/mol. The van der Waals surface area contributed by atoms with Gasteiger partial charge in [-0.05, 0) is 0 Å². The zero-order valence-corrected chi connectivity index (χ0v) is 10.9. The molecule has 4 nitrogen and oxygen atoms in total. The Labute approximate surface area is 107 Å². The quantitative estimate of drug-likeness (QED) is 0.493. The Morgan fingerprint density at radius 3 is 2.27 bits per heavy atom. The second-order valence-corrected chi connectivity index (χ2v) is 5.25. The third-order valence-electron chi connectivity index (χ3n) is 2.65. The second-order valence-electron chi connectivity index (χ2n) is 3.43. The molecule has 0 spiro atoms. The first-order chi connectivity index (χ1) is 7.08. The van der Waals surface area contributed by atoms with Gasteiger partial charge in [0.2, 0.25) is 0 Å². The van der Waals surface area contributed by atoms with Crippen molar-refractivity contribution in [3.63, 3.8) is 0 Å². The third-order valence-corrected chi connectivity index (χ3v) is 4.65. The molecular formula is C8H10BrClN4S. The number of nitriles is 2. The fourth-order valence-electron chi connectivity index (χ4n) is 1.73. The first-order valence-corrected chi connectivity index (χ1v) is 6.11. The second kappa shape index (κ2) is 5.38. The maximum atomic E-state index is 9.00. The number of alkyl halides is 2. The van der Waals surface area contributed by atoms with Crippen molar-refractivity contribution in [3.05, 3.63) is 0 Å². The number of thiol groups is 1. The summed E-state index contributed by atoms with van der Waals surface area (Å²) < 4.78 is 2.72. The minimum absolute atomic E-state index is 0.227. The Kier molecular flexibility index (Phi) is 4.69. The van der Waals surface area contributed by atoms with E-state index in [1.165, 1.54) is 0 Å². The van der Waals surface area contributed by atoms with Gasteiger partial charge in [-0.2, -0.15) is 10.5 Å². The van der Waals surface area contributed by atoms with Crippen molar-refractivity contribution in [2.75, 3.05) is 0 Å². The number of halogens is 2. The van der Waals surface area contributed by atoms with E-state index in [1.54, 1.807) is 0 Å². The van der Waals surface area contributed by atoms with Gasteiger partial charge in [0.15, 0.2) is 0 Å².